The van der Waals surface area contributed by atoms with Gasteiger partial charge in [0.25, 0.3) is 5.91 Å². The standard InChI is InChI=1S/C20H18N2O4S/c1-13(23)21-20-22-19(24)18(27-20)11-15-8-9-16(25-2)17(10-15)26-12-14-6-4-3-5-7-14/h3-11H,12H2,1-2H3,(H,21,22,23,24)/b18-11-. The lowest BCUT2D eigenvalue weighted by molar-refractivity contribution is -0.117. The molecule has 0 unspecified atom stereocenters. The van der Waals surface area contributed by atoms with Crippen LogP contribution >= 0.6 is 11.8 Å². The molecule has 2 aromatic carbocycles. The van der Waals surface area contributed by atoms with Crippen LogP contribution < -0.4 is 14.8 Å². The number of amidine groups is 1. The smallest absolute Gasteiger partial charge is 0.286 e. The topological polar surface area (TPSA) is 77.0 Å². The zero-order valence-corrected chi connectivity index (χ0v) is 15.7. The van der Waals surface area contributed by atoms with Crippen LogP contribution in [-0.4, -0.2) is 24.1 Å². The SMILES string of the molecule is COc1ccc(/C=C2\SC(NC(C)=O)=NC2=O)cc1OCc1ccccc1. The second-order valence-corrected chi connectivity index (χ2v) is 6.73. The monoisotopic (exact) mass is 382 g/mol. The Kier molecular flexibility index (Phi) is 5.93. The largest absolute Gasteiger partial charge is 0.493 e. The van der Waals surface area contributed by atoms with Crippen LogP contribution in [0.4, 0.5) is 0 Å². The molecule has 1 heterocycles. The van der Waals surface area contributed by atoms with Gasteiger partial charge in [0.2, 0.25) is 5.91 Å². The fraction of sp³-hybridized carbons (Fsp3) is 0.150. The second-order valence-electron chi connectivity index (χ2n) is 5.70. The molecular weight excluding hydrogens is 364 g/mol. The lowest BCUT2D eigenvalue weighted by atomic mass is 10.2. The Balaban J connectivity index is 1.77. The van der Waals surface area contributed by atoms with Gasteiger partial charge in [-0.15, -0.1) is 0 Å². The van der Waals surface area contributed by atoms with Gasteiger partial charge >= 0.3 is 0 Å². The van der Waals surface area contributed by atoms with E-state index in [1.54, 1.807) is 25.3 Å². The van der Waals surface area contributed by atoms with E-state index in [1.807, 2.05) is 36.4 Å². The highest BCUT2D eigenvalue weighted by Crippen LogP contribution is 2.32. The molecule has 0 aromatic heterocycles. The minimum Gasteiger partial charge on any atom is -0.493 e. The number of nitrogens with one attached hydrogen (secondary N) is 1. The molecule has 2 amide bonds. The van der Waals surface area contributed by atoms with Gasteiger partial charge in [0.1, 0.15) is 6.61 Å². The van der Waals surface area contributed by atoms with Gasteiger partial charge in [0.05, 0.1) is 12.0 Å². The summed E-state index contributed by atoms with van der Waals surface area (Å²) in [7, 11) is 1.58. The van der Waals surface area contributed by atoms with Crippen LogP contribution in [0.2, 0.25) is 0 Å². The maximum atomic E-state index is 12.0. The first-order chi connectivity index (χ1) is 13.0. The molecule has 1 aliphatic heterocycles. The summed E-state index contributed by atoms with van der Waals surface area (Å²) < 4.78 is 11.2. The van der Waals surface area contributed by atoms with Crippen molar-refractivity contribution in [2.75, 3.05) is 7.11 Å². The number of hydrogen-bond acceptors (Lipinski definition) is 5. The number of carbonyl (C=O) groups is 2. The average molecular weight is 382 g/mol. The molecule has 3 rings (SSSR count). The summed E-state index contributed by atoms with van der Waals surface area (Å²) >= 11 is 1.13. The van der Waals surface area contributed by atoms with Crippen molar-refractivity contribution in [3.05, 3.63) is 64.6 Å². The third-order valence-corrected chi connectivity index (χ3v) is 4.53. The van der Waals surface area contributed by atoms with Crippen molar-refractivity contribution in [3.8, 4) is 11.5 Å². The average Bonchev–Trinajstić information content (AvgIpc) is 2.99. The number of benzene rings is 2. The van der Waals surface area contributed by atoms with Crippen molar-refractivity contribution in [2.45, 2.75) is 13.5 Å². The number of amides is 2. The molecule has 6 nitrogen and oxygen atoms in total. The van der Waals surface area contributed by atoms with Crippen LogP contribution in [0.25, 0.3) is 6.08 Å². The van der Waals surface area contributed by atoms with Gasteiger partial charge in [-0.2, -0.15) is 4.99 Å². The molecule has 7 heteroatoms. The first-order valence-corrected chi connectivity index (χ1v) is 9.01. The van der Waals surface area contributed by atoms with Crippen LogP contribution in [0.1, 0.15) is 18.1 Å². The van der Waals surface area contributed by atoms with Gasteiger partial charge < -0.3 is 14.8 Å². The summed E-state index contributed by atoms with van der Waals surface area (Å²) in [5.41, 5.74) is 1.81. The molecule has 27 heavy (non-hydrogen) atoms. The number of thioether (sulfide) groups is 1. The highest BCUT2D eigenvalue weighted by molar-refractivity contribution is 8.18. The molecule has 0 atom stereocenters. The molecule has 138 valence electrons. The zero-order chi connectivity index (χ0) is 19.2. The van der Waals surface area contributed by atoms with Gasteiger partial charge in [0, 0.05) is 6.92 Å². The summed E-state index contributed by atoms with van der Waals surface area (Å²) in [6, 6.07) is 15.2. The summed E-state index contributed by atoms with van der Waals surface area (Å²) in [5, 5.41) is 2.81. The summed E-state index contributed by atoms with van der Waals surface area (Å²) in [5.74, 6) is 0.533. The lowest BCUT2D eigenvalue weighted by Crippen LogP contribution is -2.23. The molecule has 0 aliphatic carbocycles. The molecule has 1 aliphatic rings. The van der Waals surface area contributed by atoms with Crippen molar-refractivity contribution in [1.82, 2.24) is 5.32 Å². The van der Waals surface area contributed by atoms with Crippen molar-refractivity contribution in [1.29, 1.82) is 0 Å². The highest BCUT2D eigenvalue weighted by atomic mass is 32.2. The quantitative estimate of drug-likeness (QED) is 0.802. The van der Waals surface area contributed by atoms with E-state index < -0.39 is 0 Å². The second kappa shape index (κ2) is 8.55. The van der Waals surface area contributed by atoms with Gasteiger partial charge in [-0.1, -0.05) is 36.4 Å². The molecule has 0 bridgehead atoms. The zero-order valence-electron chi connectivity index (χ0n) is 14.9. The third kappa shape index (κ3) is 4.98. The van der Waals surface area contributed by atoms with Crippen LogP contribution in [0.5, 0.6) is 11.5 Å². The highest BCUT2D eigenvalue weighted by Gasteiger charge is 2.22. The molecule has 0 saturated carbocycles. The van der Waals surface area contributed by atoms with Crippen LogP contribution in [0.15, 0.2) is 58.4 Å². The van der Waals surface area contributed by atoms with Crippen molar-refractivity contribution >= 4 is 34.8 Å². The third-order valence-electron chi connectivity index (χ3n) is 3.63. The maximum absolute atomic E-state index is 12.0. The Morgan fingerprint density at radius 2 is 1.96 bits per heavy atom. The summed E-state index contributed by atoms with van der Waals surface area (Å²) in [4.78, 5) is 27.4. The maximum Gasteiger partial charge on any atom is 0.286 e. The fourth-order valence-corrected chi connectivity index (χ4v) is 3.26. The van der Waals surface area contributed by atoms with Gasteiger partial charge in [-0.25, -0.2) is 0 Å². The van der Waals surface area contributed by atoms with E-state index in [9.17, 15) is 9.59 Å². The minimum absolute atomic E-state index is 0.267. The summed E-state index contributed by atoms with van der Waals surface area (Å²) in [6.45, 7) is 1.77. The number of ether oxygens (including phenoxy) is 2. The number of carbonyl (C=O) groups excluding carboxylic acids is 2. The molecule has 0 fully saturated rings. The van der Waals surface area contributed by atoms with E-state index in [4.69, 9.17) is 9.47 Å². The van der Waals surface area contributed by atoms with E-state index in [1.165, 1.54) is 6.92 Å². The Morgan fingerprint density at radius 1 is 1.19 bits per heavy atom. The number of aliphatic imine (C=N–C) groups is 1. The van der Waals surface area contributed by atoms with Crippen LogP contribution in [-0.2, 0) is 16.2 Å². The molecular formula is C20H18N2O4S. The van der Waals surface area contributed by atoms with E-state index in [0.717, 1.165) is 22.9 Å². The van der Waals surface area contributed by atoms with E-state index >= 15 is 0 Å². The molecule has 0 saturated heterocycles. The number of hydrogen-bond donors (Lipinski definition) is 1. The molecule has 0 radical (unpaired) electrons. The predicted molar refractivity (Wildman–Crippen MR) is 106 cm³/mol. The molecule has 2 aromatic rings. The van der Waals surface area contributed by atoms with E-state index in [0.29, 0.717) is 23.0 Å². The Morgan fingerprint density at radius 3 is 2.67 bits per heavy atom. The molecule has 0 spiro atoms. The molecule has 1 N–H and O–H groups in total. The minimum atomic E-state index is -0.383. The van der Waals surface area contributed by atoms with Crippen molar-refractivity contribution < 1.29 is 19.1 Å². The van der Waals surface area contributed by atoms with Gasteiger partial charge in [-0.05, 0) is 41.1 Å². The first kappa shape index (κ1) is 18.7. The Labute approximate surface area is 161 Å². The number of methoxy groups -OCH3 is 1. The Hall–Kier alpha value is -3.06. The number of rotatable bonds is 5. The predicted octanol–water partition coefficient (Wildman–Crippen LogP) is 3.38. The Bertz CT molecular complexity index is 923. The first-order valence-electron chi connectivity index (χ1n) is 8.20. The normalized spacial score (nSPS) is 14.8. The lowest BCUT2D eigenvalue weighted by Gasteiger charge is -2.11. The van der Waals surface area contributed by atoms with Gasteiger partial charge in [0.15, 0.2) is 16.7 Å². The van der Waals surface area contributed by atoms with E-state index in [2.05, 4.69) is 10.3 Å². The fourth-order valence-electron chi connectivity index (χ4n) is 2.40. The van der Waals surface area contributed by atoms with Crippen LogP contribution in [0.3, 0.4) is 0 Å². The van der Waals surface area contributed by atoms with Gasteiger partial charge in [-0.3, -0.25) is 9.59 Å². The summed E-state index contributed by atoms with van der Waals surface area (Å²) in [6.07, 6.45) is 1.71. The van der Waals surface area contributed by atoms with Crippen molar-refractivity contribution in [3.63, 3.8) is 0 Å². The van der Waals surface area contributed by atoms with E-state index in [-0.39, 0.29) is 17.0 Å². The number of nitrogens with zero attached hydrogens (tertiary/aromatic N) is 1. The van der Waals surface area contributed by atoms with Crippen LogP contribution in [0, 0.1) is 0 Å². The van der Waals surface area contributed by atoms with Crippen molar-refractivity contribution in [2.24, 2.45) is 4.99 Å².